The van der Waals surface area contributed by atoms with Crippen molar-refractivity contribution in [2.45, 2.75) is 12.8 Å². The highest BCUT2D eigenvalue weighted by Crippen LogP contribution is 2.33. The molecular formula is C22H16ClF3N4O2. The van der Waals surface area contributed by atoms with Crippen molar-refractivity contribution in [2.24, 2.45) is 0 Å². The second-order valence-electron chi connectivity index (χ2n) is 6.81. The van der Waals surface area contributed by atoms with E-state index in [1.165, 1.54) is 18.2 Å². The average molecular weight is 461 g/mol. The number of hydrogen-bond donors (Lipinski definition) is 3. The van der Waals surface area contributed by atoms with E-state index in [9.17, 15) is 18.0 Å². The van der Waals surface area contributed by atoms with Crippen molar-refractivity contribution in [3.05, 3.63) is 82.9 Å². The van der Waals surface area contributed by atoms with Gasteiger partial charge in [-0.25, -0.2) is 4.79 Å². The number of rotatable bonds is 5. The number of benzene rings is 3. The van der Waals surface area contributed by atoms with Crippen molar-refractivity contribution in [1.82, 2.24) is 10.2 Å². The van der Waals surface area contributed by atoms with Gasteiger partial charge in [-0.15, -0.1) is 0 Å². The number of hydrogen-bond acceptors (Lipinski definition) is 3. The maximum Gasteiger partial charge on any atom is 0.416 e. The second-order valence-corrected chi connectivity index (χ2v) is 7.25. The van der Waals surface area contributed by atoms with Crippen LogP contribution in [0.25, 0.3) is 10.9 Å². The van der Waals surface area contributed by atoms with Gasteiger partial charge >= 0.3 is 12.2 Å². The van der Waals surface area contributed by atoms with Gasteiger partial charge in [-0.3, -0.25) is 10.4 Å². The Morgan fingerprint density at radius 2 is 1.84 bits per heavy atom. The minimum absolute atomic E-state index is 0.0199. The molecule has 0 aliphatic rings. The van der Waals surface area contributed by atoms with Gasteiger partial charge in [-0.05, 0) is 42.5 Å². The van der Waals surface area contributed by atoms with Gasteiger partial charge in [0.1, 0.15) is 12.4 Å². The molecule has 3 N–H and O–H groups in total. The summed E-state index contributed by atoms with van der Waals surface area (Å²) in [5.41, 5.74) is 0.393. The van der Waals surface area contributed by atoms with E-state index < -0.39 is 17.8 Å². The molecular weight excluding hydrogens is 445 g/mol. The Bertz CT molecular complexity index is 1270. The highest BCUT2D eigenvalue weighted by Gasteiger charge is 2.33. The molecule has 0 atom stereocenters. The van der Waals surface area contributed by atoms with E-state index in [0.29, 0.717) is 27.4 Å². The summed E-state index contributed by atoms with van der Waals surface area (Å²) in [7, 11) is 0. The fraction of sp³-hybridized carbons (Fsp3) is 0.0909. The molecule has 6 nitrogen and oxygen atoms in total. The molecule has 2 amide bonds. The van der Waals surface area contributed by atoms with Crippen LogP contribution in [0.4, 0.5) is 29.5 Å². The van der Waals surface area contributed by atoms with Crippen molar-refractivity contribution in [2.75, 3.05) is 10.6 Å². The topological polar surface area (TPSA) is 79.0 Å². The van der Waals surface area contributed by atoms with Crippen molar-refractivity contribution < 1.29 is 22.7 Å². The predicted octanol–water partition coefficient (Wildman–Crippen LogP) is 6.46. The summed E-state index contributed by atoms with van der Waals surface area (Å²) in [6.07, 6.45) is -4.47. The molecule has 32 heavy (non-hydrogen) atoms. The van der Waals surface area contributed by atoms with Crippen LogP contribution >= 0.6 is 11.6 Å². The van der Waals surface area contributed by atoms with Crippen molar-refractivity contribution in [3.63, 3.8) is 0 Å². The normalized spacial score (nSPS) is 11.4. The van der Waals surface area contributed by atoms with E-state index >= 15 is 0 Å². The second kappa shape index (κ2) is 8.80. The van der Waals surface area contributed by atoms with E-state index in [1.54, 1.807) is 42.5 Å². The standard InChI is InChI=1S/C22H16ClF3N4O2/c23-14-5-3-6-15(10-14)27-21(31)28-20-17-11-16(8-9-19(17)29-30-20)32-12-13-4-1-2-7-18(13)22(24,25)26/h1-11H,12H2,(H3,27,28,29,30,31). The van der Waals surface area contributed by atoms with Crippen LogP contribution in [0.1, 0.15) is 11.1 Å². The van der Waals surface area contributed by atoms with Gasteiger partial charge in [0, 0.05) is 21.7 Å². The van der Waals surface area contributed by atoms with Gasteiger partial charge in [0.2, 0.25) is 0 Å². The fourth-order valence-electron chi connectivity index (χ4n) is 3.10. The SMILES string of the molecule is O=C(Nc1cccc(Cl)c1)Nc1n[nH]c2ccc(OCc3ccccc3C(F)(F)F)cc12. The molecule has 0 radical (unpaired) electrons. The van der Waals surface area contributed by atoms with Crippen LogP contribution in [0.15, 0.2) is 66.7 Å². The molecule has 10 heteroatoms. The summed E-state index contributed by atoms with van der Waals surface area (Å²) < 4.78 is 45.1. The minimum Gasteiger partial charge on any atom is -0.489 e. The van der Waals surface area contributed by atoms with Gasteiger partial charge in [0.25, 0.3) is 0 Å². The van der Waals surface area contributed by atoms with Gasteiger partial charge < -0.3 is 10.1 Å². The number of amides is 2. The van der Waals surface area contributed by atoms with Crippen molar-refractivity contribution in [3.8, 4) is 5.75 Å². The van der Waals surface area contributed by atoms with Crippen LogP contribution < -0.4 is 15.4 Å². The van der Waals surface area contributed by atoms with Gasteiger partial charge in [0.15, 0.2) is 5.82 Å². The number of carbonyl (C=O) groups excluding carboxylic acids is 1. The lowest BCUT2D eigenvalue weighted by atomic mass is 10.1. The average Bonchev–Trinajstić information content (AvgIpc) is 3.13. The number of H-pyrrole nitrogens is 1. The number of aromatic amines is 1. The first kappa shape index (κ1) is 21.5. The molecule has 0 unspecified atom stereocenters. The number of carbonyl (C=O) groups is 1. The van der Waals surface area contributed by atoms with Gasteiger partial charge in [0.05, 0.1) is 11.1 Å². The number of halogens is 4. The lowest BCUT2D eigenvalue weighted by Gasteiger charge is -2.13. The third-order valence-electron chi connectivity index (χ3n) is 4.57. The lowest BCUT2D eigenvalue weighted by molar-refractivity contribution is -0.138. The van der Waals surface area contributed by atoms with Crippen LogP contribution in [-0.4, -0.2) is 16.2 Å². The molecule has 1 heterocycles. The van der Waals surface area contributed by atoms with Crippen LogP contribution in [-0.2, 0) is 12.8 Å². The van der Waals surface area contributed by atoms with Crippen LogP contribution in [0.5, 0.6) is 5.75 Å². The zero-order valence-electron chi connectivity index (χ0n) is 16.3. The Labute approximate surface area is 185 Å². The lowest BCUT2D eigenvalue weighted by Crippen LogP contribution is -2.19. The maximum absolute atomic E-state index is 13.2. The minimum atomic E-state index is -4.47. The van der Waals surface area contributed by atoms with Crippen molar-refractivity contribution >= 4 is 40.0 Å². The third kappa shape index (κ3) is 4.94. The number of ether oxygens (including phenoxy) is 1. The van der Waals surface area contributed by atoms with Crippen LogP contribution in [0.2, 0.25) is 5.02 Å². The molecule has 4 rings (SSSR count). The summed E-state index contributed by atoms with van der Waals surface area (Å²) in [5.74, 6) is 0.565. The molecule has 0 saturated heterocycles. The third-order valence-corrected chi connectivity index (χ3v) is 4.80. The first-order valence-electron chi connectivity index (χ1n) is 9.39. The monoisotopic (exact) mass is 460 g/mol. The van der Waals surface area contributed by atoms with Gasteiger partial charge in [-0.1, -0.05) is 35.9 Å². The largest absolute Gasteiger partial charge is 0.489 e. The Balaban J connectivity index is 1.49. The first-order chi connectivity index (χ1) is 15.3. The first-order valence-corrected chi connectivity index (χ1v) is 9.77. The van der Waals surface area contributed by atoms with E-state index in [1.807, 2.05) is 0 Å². The Hall–Kier alpha value is -3.72. The smallest absolute Gasteiger partial charge is 0.416 e. The fourth-order valence-corrected chi connectivity index (χ4v) is 3.29. The highest BCUT2D eigenvalue weighted by atomic mass is 35.5. The Morgan fingerprint density at radius 1 is 1.03 bits per heavy atom. The number of fused-ring (bicyclic) bond motifs is 1. The summed E-state index contributed by atoms with van der Waals surface area (Å²) in [5, 5.41) is 13.1. The molecule has 0 spiro atoms. The molecule has 0 aliphatic carbocycles. The summed E-state index contributed by atoms with van der Waals surface area (Å²) in [6, 6.07) is 16.2. The summed E-state index contributed by atoms with van der Waals surface area (Å²) >= 11 is 5.91. The quantitative estimate of drug-likeness (QED) is 0.320. The number of aromatic nitrogens is 2. The van der Waals surface area contributed by atoms with Gasteiger partial charge in [-0.2, -0.15) is 18.3 Å². The van der Waals surface area contributed by atoms with E-state index in [4.69, 9.17) is 16.3 Å². The highest BCUT2D eigenvalue weighted by molar-refractivity contribution is 6.30. The van der Waals surface area contributed by atoms with E-state index in [2.05, 4.69) is 20.8 Å². The molecule has 3 aromatic carbocycles. The van der Waals surface area contributed by atoms with E-state index in [0.717, 1.165) is 6.07 Å². The van der Waals surface area contributed by atoms with E-state index in [-0.39, 0.29) is 18.0 Å². The molecule has 1 aromatic heterocycles. The molecule has 0 bridgehead atoms. The zero-order chi connectivity index (χ0) is 22.7. The number of anilines is 2. The molecule has 4 aromatic rings. The summed E-state index contributed by atoms with van der Waals surface area (Å²) in [6.45, 7) is -0.267. The van der Waals surface area contributed by atoms with Crippen LogP contribution in [0, 0.1) is 0 Å². The molecule has 0 fully saturated rings. The molecule has 164 valence electrons. The number of nitrogens with one attached hydrogen (secondary N) is 3. The maximum atomic E-state index is 13.2. The predicted molar refractivity (Wildman–Crippen MR) is 116 cm³/mol. The van der Waals surface area contributed by atoms with Crippen molar-refractivity contribution in [1.29, 1.82) is 0 Å². The number of nitrogens with zero attached hydrogens (tertiary/aromatic N) is 1. The Kier molecular flexibility index (Phi) is 5.91. The number of urea groups is 1. The summed E-state index contributed by atoms with van der Waals surface area (Å²) in [4.78, 5) is 12.3. The molecule has 0 aliphatic heterocycles. The van der Waals surface area contributed by atoms with Crippen LogP contribution in [0.3, 0.4) is 0 Å². The Morgan fingerprint density at radius 3 is 2.62 bits per heavy atom. The zero-order valence-corrected chi connectivity index (χ0v) is 17.1. The molecule has 0 saturated carbocycles. The number of alkyl halides is 3.